The van der Waals surface area contributed by atoms with Crippen LogP contribution in [0.25, 0.3) is 0 Å². The fraction of sp³-hybridized carbons (Fsp3) is 0.200. The van der Waals surface area contributed by atoms with Crippen molar-refractivity contribution in [2.24, 2.45) is 5.73 Å². The Morgan fingerprint density at radius 1 is 1.20 bits per heavy atom. The maximum absolute atomic E-state index is 13.3. The second-order valence-corrected chi connectivity index (χ2v) is 6.04. The van der Waals surface area contributed by atoms with Gasteiger partial charge in [-0.05, 0) is 58.7 Å². The highest BCUT2D eigenvalue weighted by Gasteiger charge is 2.16. The van der Waals surface area contributed by atoms with Crippen LogP contribution in [0.2, 0.25) is 0 Å². The Morgan fingerprint density at radius 3 is 2.60 bits per heavy atom. The predicted octanol–water partition coefficient (Wildman–Crippen LogP) is 4.80. The highest BCUT2D eigenvalue weighted by atomic mass is 79.9. The van der Waals surface area contributed by atoms with Crippen LogP contribution in [0.3, 0.4) is 0 Å². The van der Waals surface area contributed by atoms with Crippen molar-refractivity contribution in [1.29, 1.82) is 0 Å². The van der Waals surface area contributed by atoms with Crippen molar-refractivity contribution >= 4 is 31.9 Å². The molecule has 0 heterocycles. The van der Waals surface area contributed by atoms with Gasteiger partial charge in [0.15, 0.2) is 0 Å². The molecule has 1 unspecified atom stereocenters. The normalized spacial score (nSPS) is 12.2. The average molecular weight is 403 g/mol. The third kappa shape index (κ3) is 3.40. The van der Waals surface area contributed by atoms with Crippen LogP contribution >= 0.6 is 31.9 Å². The van der Waals surface area contributed by atoms with Crippen LogP contribution < -0.4 is 10.5 Å². The number of nitrogens with two attached hydrogens (primary N) is 1. The van der Waals surface area contributed by atoms with Gasteiger partial charge in [-0.1, -0.05) is 22.0 Å². The monoisotopic (exact) mass is 401 g/mol. The quantitative estimate of drug-likeness (QED) is 0.797. The van der Waals surface area contributed by atoms with Crippen molar-refractivity contribution in [2.45, 2.75) is 13.0 Å². The van der Waals surface area contributed by atoms with Crippen LogP contribution in [0.15, 0.2) is 45.3 Å². The Morgan fingerprint density at radius 2 is 1.95 bits per heavy atom. The second-order valence-electron chi connectivity index (χ2n) is 4.27. The molecule has 0 amide bonds. The van der Waals surface area contributed by atoms with E-state index in [9.17, 15) is 4.39 Å². The standard InChI is InChI=1S/C15H14Br2FNO/c1-2-20-14-6-4-10(16)8-11(14)15(19)9-3-5-13(18)12(17)7-9/h3-8,15H,2,19H2,1H3. The number of halogens is 3. The molecular weight excluding hydrogens is 389 g/mol. The molecule has 0 saturated carbocycles. The van der Waals surface area contributed by atoms with E-state index in [1.165, 1.54) is 6.07 Å². The molecule has 0 aliphatic heterocycles. The first-order valence-corrected chi connectivity index (χ1v) is 7.74. The number of ether oxygens (including phenoxy) is 1. The number of benzene rings is 2. The minimum Gasteiger partial charge on any atom is -0.494 e. The largest absolute Gasteiger partial charge is 0.494 e. The van der Waals surface area contributed by atoms with E-state index >= 15 is 0 Å². The van der Waals surface area contributed by atoms with Crippen LogP contribution in [0.4, 0.5) is 4.39 Å². The van der Waals surface area contributed by atoms with E-state index < -0.39 is 0 Å². The zero-order valence-corrected chi connectivity index (χ0v) is 14.0. The van der Waals surface area contributed by atoms with Crippen LogP contribution in [0.1, 0.15) is 24.1 Å². The summed E-state index contributed by atoms with van der Waals surface area (Å²) in [6.45, 7) is 2.49. The summed E-state index contributed by atoms with van der Waals surface area (Å²) in [5.41, 5.74) is 7.97. The van der Waals surface area contributed by atoms with Gasteiger partial charge in [0.05, 0.1) is 17.1 Å². The summed E-state index contributed by atoms with van der Waals surface area (Å²) in [5.74, 6) is 0.434. The van der Waals surface area contributed by atoms with Gasteiger partial charge < -0.3 is 10.5 Å². The summed E-state index contributed by atoms with van der Waals surface area (Å²) in [5, 5.41) is 0. The van der Waals surface area contributed by atoms with Crippen molar-refractivity contribution in [1.82, 2.24) is 0 Å². The lowest BCUT2D eigenvalue weighted by Gasteiger charge is -2.18. The molecule has 2 N–H and O–H groups in total. The first-order chi connectivity index (χ1) is 9.52. The van der Waals surface area contributed by atoms with Crippen molar-refractivity contribution in [3.63, 3.8) is 0 Å². The minimum atomic E-state index is -0.383. The van der Waals surface area contributed by atoms with Crippen molar-refractivity contribution in [3.8, 4) is 5.75 Å². The fourth-order valence-corrected chi connectivity index (χ4v) is 2.71. The molecule has 0 aromatic heterocycles. The third-order valence-electron chi connectivity index (χ3n) is 2.91. The predicted molar refractivity (Wildman–Crippen MR) is 85.4 cm³/mol. The smallest absolute Gasteiger partial charge is 0.137 e. The van der Waals surface area contributed by atoms with Gasteiger partial charge in [0.1, 0.15) is 11.6 Å². The average Bonchev–Trinajstić information content (AvgIpc) is 2.43. The molecule has 0 bridgehead atoms. The van der Waals surface area contributed by atoms with Crippen molar-refractivity contribution in [3.05, 3.63) is 62.3 Å². The summed E-state index contributed by atoms with van der Waals surface area (Å²) in [7, 11) is 0. The molecule has 0 spiro atoms. The highest BCUT2D eigenvalue weighted by molar-refractivity contribution is 9.10. The Balaban J connectivity index is 2.43. The van der Waals surface area contributed by atoms with E-state index in [2.05, 4.69) is 31.9 Å². The van der Waals surface area contributed by atoms with E-state index in [1.807, 2.05) is 25.1 Å². The maximum Gasteiger partial charge on any atom is 0.137 e. The van der Waals surface area contributed by atoms with Crippen LogP contribution in [-0.4, -0.2) is 6.61 Å². The molecule has 0 aliphatic carbocycles. The van der Waals surface area contributed by atoms with Crippen LogP contribution in [0.5, 0.6) is 5.75 Å². The summed E-state index contributed by atoms with van der Waals surface area (Å²) in [4.78, 5) is 0. The lowest BCUT2D eigenvalue weighted by atomic mass is 9.99. The zero-order chi connectivity index (χ0) is 14.7. The summed E-state index contributed by atoms with van der Waals surface area (Å²) in [6.07, 6.45) is 0. The van der Waals surface area contributed by atoms with Gasteiger partial charge >= 0.3 is 0 Å². The second kappa shape index (κ2) is 6.70. The van der Waals surface area contributed by atoms with E-state index in [-0.39, 0.29) is 11.9 Å². The van der Waals surface area contributed by atoms with E-state index in [1.54, 1.807) is 12.1 Å². The summed E-state index contributed by atoms with van der Waals surface area (Å²) >= 11 is 6.61. The maximum atomic E-state index is 13.3. The van der Waals surface area contributed by atoms with Gasteiger partial charge in [-0.2, -0.15) is 0 Å². The number of rotatable bonds is 4. The molecule has 0 saturated heterocycles. The Hall–Kier alpha value is -0.910. The topological polar surface area (TPSA) is 35.2 Å². The van der Waals surface area contributed by atoms with Gasteiger partial charge in [-0.15, -0.1) is 0 Å². The van der Waals surface area contributed by atoms with Gasteiger partial charge in [-0.3, -0.25) is 0 Å². The molecule has 20 heavy (non-hydrogen) atoms. The summed E-state index contributed by atoms with van der Waals surface area (Å²) < 4.78 is 20.2. The van der Waals surface area contributed by atoms with E-state index in [0.717, 1.165) is 21.3 Å². The van der Waals surface area contributed by atoms with E-state index in [4.69, 9.17) is 10.5 Å². The minimum absolute atomic E-state index is 0.305. The Kier molecular flexibility index (Phi) is 5.18. The first kappa shape index (κ1) is 15.5. The molecule has 2 aromatic carbocycles. The Bertz CT molecular complexity index is 619. The Labute approximate surface area is 134 Å². The number of hydrogen-bond acceptors (Lipinski definition) is 2. The highest BCUT2D eigenvalue weighted by Crippen LogP contribution is 2.32. The summed E-state index contributed by atoms with van der Waals surface area (Å²) in [6, 6.07) is 10.1. The van der Waals surface area contributed by atoms with Gasteiger partial charge in [0.2, 0.25) is 0 Å². The van der Waals surface area contributed by atoms with E-state index in [0.29, 0.717) is 11.1 Å². The molecular formula is C15H14Br2FNO. The molecule has 2 rings (SSSR count). The molecule has 0 fully saturated rings. The van der Waals surface area contributed by atoms with Crippen molar-refractivity contribution < 1.29 is 9.13 Å². The third-order valence-corrected chi connectivity index (χ3v) is 4.01. The lowest BCUT2D eigenvalue weighted by Crippen LogP contribution is -2.14. The molecule has 2 nitrogen and oxygen atoms in total. The fourth-order valence-electron chi connectivity index (χ4n) is 1.93. The van der Waals surface area contributed by atoms with Crippen LogP contribution in [0, 0.1) is 5.82 Å². The molecule has 0 aliphatic rings. The molecule has 106 valence electrons. The first-order valence-electron chi connectivity index (χ1n) is 6.15. The lowest BCUT2D eigenvalue weighted by molar-refractivity contribution is 0.335. The van der Waals surface area contributed by atoms with Gasteiger partial charge in [0, 0.05) is 10.0 Å². The van der Waals surface area contributed by atoms with Gasteiger partial charge in [0.25, 0.3) is 0 Å². The molecule has 5 heteroatoms. The number of hydrogen-bond donors (Lipinski definition) is 1. The van der Waals surface area contributed by atoms with Gasteiger partial charge in [-0.25, -0.2) is 4.39 Å². The van der Waals surface area contributed by atoms with Crippen LogP contribution in [-0.2, 0) is 0 Å². The van der Waals surface area contributed by atoms with Crippen molar-refractivity contribution in [2.75, 3.05) is 6.61 Å². The molecule has 0 radical (unpaired) electrons. The zero-order valence-electron chi connectivity index (χ0n) is 10.9. The molecule has 2 aromatic rings. The SMILES string of the molecule is CCOc1ccc(Br)cc1C(N)c1ccc(F)c(Br)c1. The molecule has 1 atom stereocenters.